The average molecular weight is 410 g/mol. The van der Waals surface area contributed by atoms with Crippen molar-refractivity contribution in [3.05, 3.63) is 90.3 Å². The van der Waals surface area contributed by atoms with E-state index in [0.29, 0.717) is 23.6 Å². The number of hydrogen-bond acceptors (Lipinski definition) is 5. The molecular weight excluding hydrogens is 388 g/mol. The molecule has 0 saturated heterocycles. The molecule has 0 spiro atoms. The van der Waals surface area contributed by atoms with E-state index in [9.17, 15) is 4.79 Å². The predicted octanol–water partition coefficient (Wildman–Crippen LogP) is 4.85. The van der Waals surface area contributed by atoms with E-state index in [1.165, 1.54) is 0 Å². The fourth-order valence-corrected chi connectivity index (χ4v) is 3.30. The van der Waals surface area contributed by atoms with Gasteiger partial charge in [0.25, 0.3) is 5.91 Å². The summed E-state index contributed by atoms with van der Waals surface area (Å²) in [5, 5.41) is 5.02. The summed E-state index contributed by atoms with van der Waals surface area (Å²) in [5.74, 6) is 0.418. The van der Waals surface area contributed by atoms with Crippen LogP contribution in [0.15, 0.2) is 84.2 Å². The Labute approximate surface area is 180 Å². The molecule has 0 aliphatic rings. The Balaban J connectivity index is 1.74. The number of hydrazone groups is 1. The quantitative estimate of drug-likeness (QED) is 0.364. The third kappa shape index (κ3) is 4.43. The molecular formula is C25H22N4O2. The van der Waals surface area contributed by atoms with Crippen LogP contribution in [0.1, 0.15) is 29.8 Å². The van der Waals surface area contributed by atoms with Crippen molar-refractivity contribution < 1.29 is 9.53 Å². The van der Waals surface area contributed by atoms with Crippen LogP contribution in [-0.2, 0) is 0 Å². The highest BCUT2D eigenvalue weighted by atomic mass is 16.5. The molecule has 31 heavy (non-hydrogen) atoms. The molecule has 1 amide bonds. The Morgan fingerprint density at radius 2 is 1.87 bits per heavy atom. The number of nitrogens with zero attached hydrogens (tertiary/aromatic N) is 3. The van der Waals surface area contributed by atoms with E-state index in [-0.39, 0.29) is 5.91 Å². The third-order valence-corrected chi connectivity index (χ3v) is 4.83. The molecule has 0 aliphatic carbocycles. The molecule has 0 aliphatic heterocycles. The van der Waals surface area contributed by atoms with Gasteiger partial charge in [0.05, 0.1) is 29.1 Å². The minimum atomic E-state index is -0.308. The van der Waals surface area contributed by atoms with Crippen molar-refractivity contribution in [2.45, 2.75) is 13.8 Å². The number of carbonyl (C=O) groups is 1. The van der Waals surface area contributed by atoms with E-state index >= 15 is 0 Å². The first-order chi connectivity index (χ1) is 15.2. The molecule has 0 unspecified atom stereocenters. The Bertz CT molecular complexity index is 1250. The summed E-state index contributed by atoms with van der Waals surface area (Å²) in [4.78, 5) is 22.0. The van der Waals surface area contributed by atoms with E-state index in [4.69, 9.17) is 9.72 Å². The van der Waals surface area contributed by atoms with Gasteiger partial charge < -0.3 is 4.74 Å². The van der Waals surface area contributed by atoms with Crippen molar-refractivity contribution >= 4 is 22.5 Å². The second-order valence-corrected chi connectivity index (χ2v) is 6.88. The highest BCUT2D eigenvalue weighted by Crippen LogP contribution is 2.31. The summed E-state index contributed by atoms with van der Waals surface area (Å²) in [5.41, 5.74) is 6.90. The fraction of sp³-hybridized carbons (Fsp3) is 0.120. The van der Waals surface area contributed by atoms with Gasteiger partial charge in [-0.1, -0.05) is 36.4 Å². The molecule has 2 aromatic carbocycles. The van der Waals surface area contributed by atoms with E-state index < -0.39 is 0 Å². The standard InChI is InChI=1S/C25H22N4O2/c1-3-31-24-13-7-5-11-20(24)23-15-21(19-10-4-6-12-22(19)27-23)25(30)29-28-17(2)18-9-8-14-26-16-18/h4-16H,3H2,1-2H3,(H,29,30). The van der Waals surface area contributed by atoms with Gasteiger partial charge in [-0.25, -0.2) is 10.4 Å². The number of nitrogens with one attached hydrogen (secondary N) is 1. The molecule has 0 radical (unpaired) electrons. The zero-order chi connectivity index (χ0) is 21.6. The number of pyridine rings is 2. The Morgan fingerprint density at radius 3 is 2.68 bits per heavy atom. The van der Waals surface area contributed by atoms with Gasteiger partial charge in [-0.3, -0.25) is 9.78 Å². The van der Waals surface area contributed by atoms with Crippen LogP contribution < -0.4 is 10.2 Å². The lowest BCUT2D eigenvalue weighted by atomic mass is 10.0. The Hall–Kier alpha value is -4.06. The Morgan fingerprint density at radius 1 is 1.06 bits per heavy atom. The molecule has 6 nitrogen and oxygen atoms in total. The van der Waals surface area contributed by atoms with Crippen LogP contribution in [-0.4, -0.2) is 28.2 Å². The van der Waals surface area contributed by atoms with Crippen molar-refractivity contribution in [1.29, 1.82) is 0 Å². The number of para-hydroxylation sites is 2. The number of fused-ring (bicyclic) bond motifs is 1. The van der Waals surface area contributed by atoms with E-state index in [1.807, 2.05) is 74.5 Å². The van der Waals surface area contributed by atoms with E-state index in [2.05, 4.69) is 15.5 Å². The zero-order valence-electron chi connectivity index (χ0n) is 17.4. The van der Waals surface area contributed by atoms with E-state index in [0.717, 1.165) is 27.8 Å². The minimum absolute atomic E-state index is 0.308. The van der Waals surface area contributed by atoms with Crippen molar-refractivity contribution in [2.24, 2.45) is 5.10 Å². The second kappa shape index (κ2) is 9.17. The largest absolute Gasteiger partial charge is 0.493 e. The maximum atomic E-state index is 13.1. The van der Waals surface area contributed by atoms with Crippen LogP contribution in [0, 0.1) is 0 Å². The predicted molar refractivity (Wildman–Crippen MR) is 122 cm³/mol. The minimum Gasteiger partial charge on any atom is -0.493 e. The molecule has 2 aromatic heterocycles. The van der Waals surface area contributed by atoms with Crippen LogP contribution in [0.2, 0.25) is 0 Å². The molecule has 0 bridgehead atoms. The van der Waals surface area contributed by atoms with Crippen molar-refractivity contribution in [3.63, 3.8) is 0 Å². The first-order valence-corrected chi connectivity index (χ1v) is 10.0. The van der Waals surface area contributed by atoms with Crippen LogP contribution in [0.25, 0.3) is 22.2 Å². The molecule has 0 atom stereocenters. The molecule has 0 fully saturated rings. The number of amides is 1. The first kappa shape index (κ1) is 20.2. The maximum absolute atomic E-state index is 13.1. The number of aromatic nitrogens is 2. The highest BCUT2D eigenvalue weighted by molar-refractivity contribution is 6.08. The van der Waals surface area contributed by atoms with Gasteiger partial charge in [-0.05, 0) is 44.2 Å². The van der Waals surface area contributed by atoms with Gasteiger partial charge in [-0.15, -0.1) is 0 Å². The van der Waals surface area contributed by atoms with Gasteiger partial charge in [-0.2, -0.15) is 5.10 Å². The first-order valence-electron chi connectivity index (χ1n) is 10.0. The molecule has 154 valence electrons. The number of ether oxygens (including phenoxy) is 1. The van der Waals surface area contributed by atoms with Crippen molar-refractivity contribution in [2.75, 3.05) is 6.61 Å². The third-order valence-electron chi connectivity index (χ3n) is 4.83. The van der Waals surface area contributed by atoms with Gasteiger partial charge in [0.1, 0.15) is 5.75 Å². The Kier molecular flexibility index (Phi) is 5.98. The number of hydrogen-bond donors (Lipinski definition) is 1. The summed E-state index contributed by atoms with van der Waals surface area (Å²) >= 11 is 0. The van der Waals surface area contributed by atoms with Crippen molar-refractivity contribution in [1.82, 2.24) is 15.4 Å². The molecule has 1 N–H and O–H groups in total. The monoisotopic (exact) mass is 410 g/mol. The lowest BCUT2D eigenvalue weighted by molar-refractivity contribution is 0.0956. The molecule has 2 heterocycles. The fourth-order valence-electron chi connectivity index (χ4n) is 3.30. The van der Waals surface area contributed by atoms with Crippen molar-refractivity contribution in [3.8, 4) is 17.0 Å². The van der Waals surface area contributed by atoms with Crippen LogP contribution >= 0.6 is 0 Å². The normalized spacial score (nSPS) is 11.4. The number of carbonyl (C=O) groups excluding carboxylic acids is 1. The van der Waals surface area contributed by atoms with Gasteiger partial charge in [0.15, 0.2) is 0 Å². The van der Waals surface area contributed by atoms with Gasteiger partial charge >= 0.3 is 0 Å². The summed E-state index contributed by atoms with van der Waals surface area (Å²) in [6, 6.07) is 20.7. The number of rotatable bonds is 6. The maximum Gasteiger partial charge on any atom is 0.272 e. The SMILES string of the molecule is CCOc1ccccc1-c1cc(C(=O)NN=C(C)c2cccnc2)c2ccccc2n1. The van der Waals surface area contributed by atoms with Gasteiger partial charge in [0, 0.05) is 28.9 Å². The summed E-state index contributed by atoms with van der Waals surface area (Å²) in [6.45, 7) is 4.30. The lowest BCUT2D eigenvalue weighted by Gasteiger charge is -2.12. The molecule has 4 aromatic rings. The van der Waals surface area contributed by atoms with Crippen LogP contribution in [0.3, 0.4) is 0 Å². The summed E-state index contributed by atoms with van der Waals surface area (Å²) in [7, 11) is 0. The molecule has 4 rings (SSSR count). The van der Waals surface area contributed by atoms with Crippen LogP contribution in [0.4, 0.5) is 0 Å². The topological polar surface area (TPSA) is 76.5 Å². The molecule has 6 heteroatoms. The summed E-state index contributed by atoms with van der Waals surface area (Å²) < 4.78 is 5.76. The lowest BCUT2D eigenvalue weighted by Crippen LogP contribution is -2.20. The number of benzene rings is 2. The van der Waals surface area contributed by atoms with Gasteiger partial charge in [0.2, 0.25) is 0 Å². The smallest absolute Gasteiger partial charge is 0.272 e. The molecule has 0 saturated carbocycles. The second-order valence-electron chi connectivity index (χ2n) is 6.88. The zero-order valence-corrected chi connectivity index (χ0v) is 17.4. The van der Waals surface area contributed by atoms with Crippen LogP contribution in [0.5, 0.6) is 5.75 Å². The average Bonchev–Trinajstić information content (AvgIpc) is 2.82. The summed E-state index contributed by atoms with van der Waals surface area (Å²) in [6.07, 6.45) is 3.40. The highest BCUT2D eigenvalue weighted by Gasteiger charge is 2.16. The van der Waals surface area contributed by atoms with E-state index in [1.54, 1.807) is 18.5 Å².